The van der Waals surface area contributed by atoms with Crippen molar-refractivity contribution in [3.05, 3.63) is 28.7 Å². The molecule has 0 spiro atoms. The van der Waals surface area contributed by atoms with Gasteiger partial charge in [-0.3, -0.25) is 10.2 Å². The van der Waals surface area contributed by atoms with Gasteiger partial charge in [0.1, 0.15) is 18.3 Å². The van der Waals surface area contributed by atoms with Crippen LogP contribution >= 0.6 is 27.3 Å². The summed E-state index contributed by atoms with van der Waals surface area (Å²) in [4.78, 5) is 25.0. The Balaban J connectivity index is 1.89. The van der Waals surface area contributed by atoms with Crippen molar-refractivity contribution in [1.82, 2.24) is 20.3 Å². The molecular formula is C13H17BrN4O3S. The summed E-state index contributed by atoms with van der Waals surface area (Å²) < 4.78 is 0. The number of hydrogen-bond acceptors (Lipinski definition) is 6. The molecule has 2 aliphatic heterocycles. The number of aliphatic hydroxyl groups is 1. The van der Waals surface area contributed by atoms with Gasteiger partial charge < -0.3 is 10.0 Å². The summed E-state index contributed by atoms with van der Waals surface area (Å²) in [6.45, 7) is 4.95. The van der Waals surface area contributed by atoms with Gasteiger partial charge in [0.15, 0.2) is 0 Å². The van der Waals surface area contributed by atoms with E-state index in [1.807, 2.05) is 0 Å². The van der Waals surface area contributed by atoms with Gasteiger partial charge in [0.05, 0.1) is 29.2 Å². The molecule has 7 nitrogen and oxygen atoms in total. The summed E-state index contributed by atoms with van der Waals surface area (Å²) in [7, 11) is 0. The first-order valence-corrected chi connectivity index (χ1v) is 8.93. The third-order valence-corrected chi connectivity index (χ3v) is 5.05. The number of rotatable bonds is 7. The second-order valence-electron chi connectivity index (χ2n) is 5.00. The Bertz CT molecular complexity index is 569. The molecule has 0 radical (unpaired) electrons. The summed E-state index contributed by atoms with van der Waals surface area (Å²) in [5.74, 6) is 0. The monoisotopic (exact) mass is 388 g/mol. The minimum Gasteiger partial charge on any atom is -0.376 e. The highest BCUT2D eigenvalue weighted by molar-refractivity contribution is 9.09. The number of hydroxylamine groups is 2. The van der Waals surface area contributed by atoms with Crippen molar-refractivity contribution in [3.8, 4) is 0 Å². The number of aliphatic hydroxyl groups excluding tert-OH is 1. The van der Waals surface area contributed by atoms with E-state index >= 15 is 0 Å². The van der Waals surface area contributed by atoms with Crippen LogP contribution in [0.2, 0.25) is 0 Å². The second-order valence-corrected chi connectivity index (χ2v) is 6.67. The van der Waals surface area contributed by atoms with Crippen molar-refractivity contribution < 1.29 is 14.7 Å². The molecule has 1 aromatic rings. The lowest BCUT2D eigenvalue weighted by Gasteiger charge is -2.33. The number of amides is 2. The maximum absolute atomic E-state index is 12.6. The number of carbonyl (C=O) groups excluding carboxylic acids is 1. The lowest BCUT2D eigenvalue weighted by atomic mass is 10.0. The SMILES string of the molecule is C=CCON1C(=O)N2CC1c1scnc1[C@H]2C(O)NCCBr. The van der Waals surface area contributed by atoms with E-state index in [2.05, 4.69) is 32.8 Å². The van der Waals surface area contributed by atoms with Crippen molar-refractivity contribution in [3.63, 3.8) is 0 Å². The van der Waals surface area contributed by atoms with E-state index in [9.17, 15) is 9.90 Å². The fourth-order valence-corrected chi connectivity index (χ4v) is 3.95. The van der Waals surface area contributed by atoms with E-state index in [-0.39, 0.29) is 18.7 Å². The number of carbonyl (C=O) groups is 1. The number of hydrogen-bond donors (Lipinski definition) is 2. The largest absolute Gasteiger partial charge is 0.376 e. The highest BCUT2D eigenvalue weighted by atomic mass is 79.9. The zero-order valence-electron chi connectivity index (χ0n) is 11.8. The van der Waals surface area contributed by atoms with Gasteiger partial charge in [-0.15, -0.1) is 17.9 Å². The predicted molar refractivity (Wildman–Crippen MR) is 85.5 cm³/mol. The van der Waals surface area contributed by atoms with Gasteiger partial charge in [-0.2, -0.15) is 5.06 Å². The van der Waals surface area contributed by atoms with Crippen LogP contribution in [0.15, 0.2) is 18.2 Å². The fourth-order valence-electron chi connectivity index (χ4n) is 2.82. The molecule has 3 heterocycles. The van der Waals surface area contributed by atoms with Crippen molar-refractivity contribution in [2.24, 2.45) is 0 Å². The number of thiazole rings is 1. The number of nitrogens with zero attached hydrogens (tertiary/aromatic N) is 3. The predicted octanol–water partition coefficient (Wildman–Crippen LogP) is 1.40. The van der Waals surface area contributed by atoms with Gasteiger partial charge in [0.25, 0.3) is 0 Å². The molecule has 2 aliphatic rings. The lowest BCUT2D eigenvalue weighted by Crippen LogP contribution is -2.47. The highest BCUT2D eigenvalue weighted by Crippen LogP contribution is 2.45. The Hall–Kier alpha value is -1.00. The number of fused-ring (bicyclic) bond motifs is 4. The molecule has 2 bridgehead atoms. The standard InChI is InChI=1S/C13H17BrN4O3S/c1-2-5-21-18-8-6-17(13(18)20)10(12(19)15-4-3-14)9-11(8)22-7-16-9/h2,7-8,10,12,15,19H,1,3-6H2/t8?,10-,12?/m0/s1. The first-order valence-electron chi connectivity index (χ1n) is 6.93. The Morgan fingerprint density at radius 1 is 1.73 bits per heavy atom. The lowest BCUT2D eigenvalue weighted by molar-refractivity contribution is -0.118. The number of nitrogens with one attached hydrogen (secondary N) is 1. The normalized spacial score (nSPS) is 24.5. The van der Waals surface area contributed by atoms with E-state index in [1.165, 1.54) is 16.4 Å². The molecule has 1 aromatic heterocycles. The van der Waals surface area contributed by atoms with E-state index in [1.54, 1.807) is 16.5 Å². The number of urea groups is 1. The van der Waals surface area contributed by atoms with Crippen LogP contribution in [-0.2, 0) is 4.84 Å². The molecule has 3 rings (SSSR count). The Kier molecular flexibility index (Phi) is 4.79. The average Bonchev–Trinajstić information content (AvgIpc) is 3.10. The van der Waals surface area contributed by atoms with Gasteiger partial charge in [0, 0.05) is 11.9 Å². The minimum atomic E-state index is -0.873. The maximum Gasteiger partial charge on any atom is 0.345 e. The van der Waals surface area contributed by atoms with Crippen molar-refractivity contribution in [2.45, 2.75) is 18.3 Å². The van der Waals surface area contributed by atoms with E-state index in [0.717, 1.165) is 10.6 Å². The van der Waals surface area contributed by atoms with Crippen LogP contribution in [0, 0.1) is 0 Å². The molecule has 120 valence electrons. The molecule has 9 heteroatoms. The number of aromatic nitrogens is 1. The summed E-state index contributed by atoms with van der Waals surface area (Å²) in [6, 6.07) is -0.919. The molecule has 22 heavy (non-hydrogen) atoms. The number of halogens is 1. The van der Waals surface area contributed by atoms with Gasteiger partial charge in [-0.1, -0.05) is 22.0 Å². The van der Waals surface area contributed by atoms with Crippen molar-refractivity contribution in [1.29, 1.82) is 0 Å². The summed E-state index contributed by atoms with van der Waals surface area (Å²) in [5, 5.41) is 15.5. The van der Waals surface area contributed by atoms with Crippen LogP contribution in [-0.4, -0.2) is 57.3 Å². The van der Waals surface area contributed by atoms with E-state index in [4.69, 9.17) is 4.84 Å². The first kappa shape index (κ1) is 15.9. The topological polar surface area (TPSA) is 77.9 Å². The van der Waals surface area contributed by atoms with Gasteiger partial charge in [-0.25, -0.2) is 9.78 Å². The third kappa shape index (κ3) is 2.56. The van der Waals surface area contributed by atoms with Crippen molar-refractivity contribution in [2.75, 3.05) is 25.0 Å². The zero-order chi connectivity index (χ0) is 15.7. The Morgan fingerprint density at radius 3 is 3.27 bits per heavy atom. The van der Waals surface area contributed by atoms with Crippen LogP contribution < -0.4 is 5.32 Å². The molecule has 2 amide bonds. The van der Waals surface area contributed by atoms with E-state index < -0.39 is 12.3 Å². The molecule has 0 aliphatic carbocycles. The van der Waals surface area contributed by atoms with Crippen LogP contribution in [0.4, 0.5) is 4.79 Å². The smallest absolute Gasteiger partial charge is 0.345 e. The van der Waals surface area contributed by atoms with Gasteiger partial charge in [-0.05, 0) is 0 Å². The molecule has 1 fully saturated rings. The van der Waals surface area contributed by atoms with E-state index in [0.29, 0.717) is 18.4 Å². The minimum absolute atomic E-state index is 0.172. The second kappa shape index (κ2) is 6.63. The molecule has 0 aromatic carbocycles. The van der Waals surface area contributed by atoms with Crippen LogP contribution in [0.1, 0.15) is 22.7 Å². The molecule has 2 unspecified atom stereocenters. The van der Waals surface area contributed by atoms with Crippen LogP contribution in [0.3, 0.4) is 0 Å². The number of alkyl halides is 1. The first-order chi connectivity index (χ1) is 10.7. The van der Waals surface area contributed by atoms with Crippen molar-refractivity contribution >= 4 is 33.3 Å². The molecule has 1 saturated heterocycles. The molecular weight excluding hydrogens is 372 g/mol. The van der Waals surface area contributed by atoms with Gasteiger partial charge >= 0.3 is 6.03 Å². The molecule has 3 atom stereocenters. The zero-order valence-corrected chi connectivity index (χ0v) is 14.2. The third-order valence-electron chi connectivity index (χ3n) is 3.71. The quantitative estimate of drug-likeness (QED) is 0.419. The molecule has 2 N–H and O–H groups in total. The average molecular weight is 389 g/mol. The maximum atomic E-state index is 12.6. The summed E-state index contributed by atoms with van der Waals surface area (Å²) in [5.41, 5.74) is 2.49. The van der Waals surface area contributed by atoms with Crippen LogP contribution in [0.5, 0.6) is 0 Å². The Labute approximate surface area is 140 Å². The van der Waals surface area contributed by atoms with Crippen LogP contribution in [0.25, 0.3) is 0 Å². The fraction of sp³-hybridized carbons (Fsp3) is 0.538. The summed E-state index contributed by atoms with van der Waals surface area (Å²) in [6.07, 6.45) is 0.727. The van der Waals surface area contributed by atoms with Gasteiger partial charge in [0.2, 0.25) is 0 Å². The molecule has 0 saturated carbocycles. The Morgan fingerprint density at radius 2 is 2.55 bits per heavy atom. The summed E-state index contributed by atoms with van der Waals surface area (Å²) >= 11 is 4.79. The highest BCUT2D eigenvalue weighted by Gasteiger charge is 2.52.